The molecule has 0 bridgehead atoms. The summed E-state index contributed by atoms with van der Waals surface area (Å²) < 4.78 is 0. The van der Waals surface area contributed by atoms with Gasteiger partial charge in [0.2, 0.25) is 0 Å². The van der Waals surface area contributed by atoms with Crippen molar-refractivity contribution in [2.45, 2.75) is 26.3 Å². The summed E-state index contributed by atoms with van der Waals surface area (Å²) in [6, 6.07) is 0.586. The van der Waals surface area contributed by atoms with Crippen LogP contribution in [0.3, 0.4) is 0 Å². The highest BCUT2D eigenvalue weighted by molar-refractivity contribution is 7.19. The summed E-state index contributed by atoms with van der Waals surface area (Å²) in [6.45, 7) is 4.50. The zero-order chi connectivity index (χ0) is 8.77. The maximum atomic E-state index is 5.56. The summed E-state index contributed by atoms with van der Waals surface area (Å²) in [6.07, 6.45) is 2.93. The standard InChI is InChI=1S/C8H13N3S/c1-8(2)3-5(8)11-7-10-4-6(9)12-7/h4-5H,3,9H2,1-2H3,(H,10,11). The number of nitrogens with one attached hydrogen (secondary N) is 1. The quantitative estimate of drug-likeness (QED) is 0.736. The van der Waals surface area contributed by atoms with Crippen molar-refractivity contribution < 1.29 is 0 Å². The molecule has 3 nitrogen and oxygen atoms in total. The number of thiazole rings is 1. The first kappa shape index (κ1) is 7.86. The maximum Gasteiger partial charge on any atom is 0.184 e. The molecular formula is C8H13N3S. The van der Waals surface area contributed by atoms with E-state index in [4.69, 9.17) is 5.73 Å². The van der Waals surface area contributed by atoms with Crippen molar-refractivity contribution in [3.8, 4) is 0 Å². The highest BCUT2D eigenvalue weighted by Gasteiger charge is 2.45. The minimum atomic E-state index is 0.445. The van der Waals surface area contributed by atoms with Gasteiger partial charge in [0, 0.05) is 6.04 Å². The van der Waals surface area contributed by atoms with Crippen LogP contribution in [0, 0.1) is 5.41 Å². The van der Waals surface area contributed by atoms with Crippen molar-refractivity contribution >= 4 is 21.5 Å². The smallest absolute Gasteiger partial charge is 0.184 e. The Hall–Kier alpha value is -0.770. The molecular weight excluding hydrogens is 170 g/mol. The molecule has 1 aromatic rings. The molecule has 0 aromatic carbocycles. The fourth-order valence-corrected chi connectivity index (χ4v) is 1.85. The van der Waals surface area contributed by atoms with Crippen LogP contribution in [0.25, 0.3) is 0 Å². The number of hydrogen-bond acceptors (Lipinski definition) is 4. The number of aromatic nitrogens is 1. The molecule has 1 fully saturated rings. The molecule has 0 aliphatic heterocycles. The normalized spacial score (nSPS) is 25.3. The van der Waals surface area contributed by atoms with E-state index >= 15 is 0 Å². The minimum Gasteiger partial charge on any atom is -0.389 e. The Labute approximate surface area is 76.0 Å². The first-order valence-corrected chi connectivity index (χ1v) is 4.87. The summed E-state index contributed by atoms with van der Waals surface area (Å²) in [5.41, 5.74) is 6.00. The molecule has 1 aromatic heterocycles. The number of nitrogen functional groups attached to an aromatic ring is 1. The van der Waals surface area contributed by atoms with E-state index in [1.165, 1.54) is 17.8 Å². The van der Waals surface area contributed by atoms with Crippen LogP contribution in [0.4, 0.5) is 10.1 Å². The molecule has 12 heavy (non-hydrogen) atoms. The first-order chi connectivity index (χ1) is 5.58. The number of rotatable bonds is 2. The molecule has 3 N–H and O–H groups in total. The largest absolute Gasteiger partial charge is 0.389 e. The second kappa shape index (κ2) is 2.36. The van der Waals surface area contributed by atoms with Crippen molar-refractivity contribution in [3.05, 3.63) is 6.20 Å². The molecule has 66 valence electrons. The molecule has 4 heteroatoms. The molecule has 0 spiro atoms. The van der Waals surface area contributed by atoms with E-state index in [-0.39, 0.29) is 0 Å². The van der Waals surface area contributed by atoms with Gasteiger partial charge in [-0.15, -0.1) is 0 Å². The molecule has 1 aliphatic carbocycles. The van der Waals surface area contributed by atoms with E-state index in [2.05, 4.69) is 24.1 Å². The topological polar surface area (TPSA) is 50.9 Å². The molecule has 0 radical (unpaired) electrons. The lowest BCUT2D eigenvalue weighted by molar-refractivity contribution is 0.630. The monoisotopic (exact) mass is 183 g/mol. The van der Waals surface area contributed by atoms with Crippen LogP contribution in [-0.4, -0.2) is 11.0 Å². The number of hydrogen-bond donors (Lipinski definition) is 2. The fraction of sp³-hybridized carbons (Fsp3) is 0.625. The van der Waals surface area contributed by atoms with Crippen molar-refractivity contribution in [2.24, 2.45) is 5.41 Å². The molecule has 1 unspecified atom stereocenters. The van der Waals surface area contributed by atoms with Gasteiger partial charge in [0.1, 0.15) is 5.00 Å². The Kier molecular flexibility index (Phi) is 1.54. The Morgan fingerprint density at radius 2 is 2.42 bits per heavy atom. The summed E-state index contributed by atoms with van der Waals surface area (Å²) >= 11 is 1.51. The highest BCUT2D eigenvalue weighted by Crippen LogP contribution is 2.46. The minimum absolute atomic E-state index is 0.445. The second-order valence-corrected chi connectivity index (χ2v) is 5.02. The Balaban J connectivity index is 1.97. The van der Waals surface area contributed by atoms with Crippen molar-refractivity contribution in [2.75, 3.05) is 11.1 Å². The number of anilines is 2. The summed E-state index contributed by atoms with van der Waals surface area (Å²) in [5.74, 6) is 0. The lowest BCUT2D eigenvalue weighted by Gasteiger charge is -2.03. The lowest BCUT2D eigenvalue weighted by atomic mass is 10.2. The van der Waals surface area contributed by atoms with E-state index < -0.39 is 0 Å². The van der Waals surface area contributed by atoms with Crippen LogP contribution in [0.1, 0.15) is 20.3 Å². The van der Waals surface area contributed by atoms with Crippen LogP contribution in [-0.2, 0) is 0 Å². The van der Waals surface area contributed by atoms with Gasteiger partial charge >= 0.3 is 0 Å². The van der Waals surface area contributed by atoms with E-state index in [1.54, 1.807) is 6.20 Å². The summed E-state index contributed by atoms with van der Waals surface area (Å²) in [5, 5.41) is 5.08. The van der Waals surface area contributed by atoms with E-state index in [9.17, 15) is 0 Å². The summed E-state index contributed by atoms with van der Waals surface area (Å²) in [4.78, 5) is 4.14. The van der Waals surface area contributed by atoms with E-state index in [0.717, 1.165) is 10.1 Å². The van der Waals surface area contributed by atoms with Gasteiger partial charge in [0.05, 0.1) is 6.20 Å². The molecule has 2 rings (SSSR count). The van der Waals surface area contributed by atoms with Gasteiger partial charge in [0.25, 0.3) is 0 Å². The van der Waals surface area contributed by atoms with Crippen LogP contribution in [0.5, 0.6) is 0 Å². The molecule has 1 aliphatic rings. The zero-order valence-corrected chi connectivity index (χ0v) is 8.11. The molecule has 1 saturated carbocycles. The third kappa shape index (κ3) is 1.39. The third-order valence-corrected chi connectivity index (χ3v) is 3.09. The fourth-order valence-electron chi connectivity index (χ4n) is 1.22. The van der Waals surface area contributed by atoms with Crippen molar-refractivity contribution in [1.82, 2.24) is 4.98 Å². The first-order valence-electron chi connectivity index (χ1n) is 4.06. The Bertz CT molecular complexity index is 292. The van der Waals surface area contributed by atoms with Crippen LogP contribution in [0.2, 0.25) is 0 Å². The number of nitrogens with two attached hydrogens (primary N) is 1. The predicted molar refractivity (Wildman–Crippen MR) is 52.3 cm³/mol. The van der Waals surface area contributed by atoms with Crippen LogP contribution >= 0.6 is 11.3 Å². The third-order valence-electron chi connectivity index (χ3n) is 2.33. The second-order valence-electron chi connectivity index (χ2n) is 3.96. The van der Waals surface area contributed by atoms with Gasteiger partial charge in [-0.1, -0.05) is 25.2 Å². The van der Waals surface area contributed by atoms with Gasteiger partial charge in [0.15, 0.2) is 5.13 Å². The van der Waals surface area contributed by atoms with Gasteiger partial charge in [-0.2, -0.15) is 0 Å². The SMILES string of the molecule is CC1(C)CC1Nc1ncc(N)s1. The van der Waals surface area contributed by atoms with Gasteiger partial charge in [-0.3, -0.25) is 0 Å². The van der Waals surface area contributed by atoms with Crippen molar-refractivity contribution in [3.63, 3.8) is 0 Å². The molecule has 1 heterocycles. The highest BCUT2D eigenvalue weighted by atomic mass is 32.1. The number of nitrogens with zero attached hydrogens (tertiary/aromatic N) is 1. The van der Waals surface area contributed by atoms with Gasteiger partial charge in [-0.25, -0.2) is 4.98 Å². The van der Waals surface area contributed by atoms with Crippen LogP contribution < -0.4 is 11.1 Å². The molecule has 0 saturated heterocycles. The van der Waals surface area contributed by atoms with Gasteiger partial charge < -0.3 is 11.1 Å². The average Bonchev–Trinajstić information content (AvgIpc) is 2.41. The predicted octanol–water partition coefficient (Wildman–Crippen LogP) is 1.94. The molecule has 0 amide bonds. The lowest BCUT2D eigenvalue weighted by Crippen LogP contribution is -2.07. The van der Waals surface area contributed by atoms with Crippen molar-refractivity contribution in [1.29, 1.82) is 0 Å². The Morgan fingerprint density at radius 1 is 1.75 bits per heavy atom. The maximum absolute atomic E-state index is 5.56. The average molecular weight is 183 g/mol. The zero-order valence-electron chi connectivity index (χ0n) is 7.29. The van der Waals surface area contributed by atoms with E-state index in [0.29, 0.717) is 11.5 Å². The van der Waals surface area contributed by atoms with Crippen LogP contribution in [0.15, 0.2) is 6.20 Å². The Morgan fingerprint density at radius 3 is 2.83 bits per heavy atom. The van der Waals surface area contributed by atoms with E-state index in [1.807, 2.05) is 0 Å². The molecule has 1 atom stereocenters. The summed E-state index contributed by atoms with van der Waals surface area (Å²) in [7, 11) is 0. The van der Waals surface area contributed by atoms with Gasteiger partial charge in [-0.05, 0) is 11.8 Å².